The van der Waals surface area contributed by atoms with Crippen LogP contribution >= 0.6 is 0 Å². The van der Waals surface area contributed by atoms with Crippen molar-refractivity contribution in [1.82, 2.24) is 5.32 Å². The zero-order valence-electron chi connectivity index (χ0n) is 15.5. The first kappa shape index (κ1) is 20.9. The third-order valence-corrected chi connectivity index (χ3v) is 4.98. The molecule has 0 aliphatic heterocycles. The van der Waals surface area contributed by atoms with Crippen molar-refractivity contribution in [2.75, 3.05) is 12.4 Å². The van der Waals surface area contributed by atoms with Gasteiger partial charge in [-0.1, -0.05) is 18.2 Å². The maximum absolute atomic E-state index is 12.8. The molecule has 2 aromatic rings. The number of urea groups is 1. The number of halogens is 3. The van der Waals surface area contributed by atoms with E-state index in [9.17, 15) is 28.2 Å². The minimum absolute atomic E-state index is 0.108. The Bertz CT molecular complexity index is 858. The third kappa shape index (κ3) is 4.80. The molecule has 0 radical (unpaired) electrons. The van der Waals surface area contributed by atoms with Crippen LogP contribution in [0.2, 0.25) is 0 Å². The first-order chi connectivity index (χ1) is 13.7. The highest BCUT2D eigenvalue weighted by Crippen LogP contribution is 2.37. The fourth-order valence-electron chi connectivity index (χ4n) is 3.49. The normalized spacial score (nSPS) is 24.2. The van der Waals surface area contributed by atoms with Crippen LogP contribution in [0.25, 0.3) is 0 Å². The molecule has 2 aromatic carbocycles. The van der Waals surface area contributed by atoms with E-state index in [0.717, 1.165) is 12.1 Å². The van der Waals surface area contributed by atoms with Crippen molar-refractivity contribution in [3.63, 3.8) is 0 Å². The molecular formula is C20H21F3N2O4. The van der Waals surface area contributed by atoms with E-state index in [1.807, 2.05) is 0 Å². The van der Waals surface area contributed by atoms with Crippen LogP contribution in [0.15, 0.2) is 48.5 Å². The van der Waals surface area contributed by atoms with E-state index in [2.05, 4.69) is 10.6 Å². The molecule has 1 saturated carbocycles. The van der Waals surface area contributed by atoms with Gasteiger partial charge in [0, 0.05) is 17.7 Å². The van der Waals surface area contributed by atoms with Gasteiger partial charge >= 0.3 is 12.2 Å². The molecule has 0 heterocycles. The van der Waals surface area contributed by atoms with Gasteiger partial charge in [0.25, 0.3) is 0 Å². The summed E-state index contributed by atoms with van der Waals surface area (Å²) in [5.74, 6) is 0.0000902. The second-order valence-electron chi connectivity index (χ2n) is 6.88. The number of rotatable bonds is 4. The lowest BCUT2D eigenvalue weighted by Gasteiger charge is -2.24. The van der Waals surface area contributed by atoms with Crippen LogP contribution in [0.3, 0.4) is 0 Å². The van der Waals surface area contributed by atoms with Crippen molar-refractivity contribution in [1.29, 1.82) is 0 Å². The quantitative estimate of drug-likeness (QED) is 0.624. The summed E-state index contributed by atoms with van der Waals surface area (Å²) in [6.07, 6.45) is -6.71. The number of amides is 2. The standard InChI is InChI=1S/C20H21F3N2O4/c1-29-14-4-2-3-13(9-14)24-19(28)25-17-15(10-16(26)18(17)27)11-5-7-12(8-6-11)20(21,22)23/h2-9,15-18,26-27H,10H2,1H3,(H2,24,25,28). The average molecular weight is 410 g/mol. The van der Waals surface area contributed by atoms with E-state index in [1.165, 1.54) is 19.2 Å². The van der Waals surface area contributed by atoms with E-state index in [4.69, 9.17) is 4.74 Å². The summed E-state index contributed by atoms with van der Waals surface area (Å²) >= 11 is 0. The van der Waals surface area contributed by atoms with Crippen LogP contribution < -0.4 is 15.4 Å². The Morgan fingerprint density at radius 2 is 1.83 bits per heavy atom. The second kappa shape index (κ2) is 8.30. The Morgan fingerprint density at radius 1 is 1.14 bits per heavy atom. The molecule has 0 spiro atoms. The van der Waals surface area contributed by atoms with Gasteiger partial charge in [0.1, 0.15) is 11.9 Å². The fourth-order valence-corrected chi connectivity index (χ4v) is 3.49. The second-order valence-corrected chi connectivity index (χ2v) is 6.88. The van der Waals surface area contributed by atoms with Gasteiger partial charge in [-0.2, -0.15) is 13.2 Å². The Labute approximate surface area is 165 Å². The van der Waals surface area contributed by atoms with Gasteiger partial charge in [-0.15, -0.1) is 0 Å². The predicted octanol–water partition coefficient (Wildman–Crippen LogP) is 3.11. The molecule has 3 rings (SSSR count). The van der Waals surface area contributed by atoms with Crippen LogP contribution in [0.1, 0.15) is 23.5 Å². The van der Waals surface area contributed by atoms with Crippen molar-refractivity contribution >= 4 is 11.7 Å². The van der Waals surface area contributed by atoms with Gasteiger partial charge in [0.15, 0.2) is 0 Å². The monoisotopic (exact) mass is 410 g/mol. The van der Waals surface area contributed by atoms with Crippen molar-refractivity contribution in [3.8, 4) is 5.75 Å². The number of carbonyl (C=O) groups excluding carboxylic acids is 1. The first-order valence-electron chi connectivity index (χ1n) is 8.94. The molecular weight excluding hydrogens is 389 g/mol. The number of carbonyl (C=O) groups is 1. The maximum Gasteiger partial charge on any atom is 0.416 e. The Kier molecular flexibility index (Phi) is 5.99. The van der Waals surface area contributed by atoms with E-state index >= 15 is 0 Å². The van der Waals surface area contributed by atoms with Gasteiger partial charge in [-0.25, -0.2) is 4.79 Å². The van der Waals surface area contributed by atoms with Gasteiger partial charge in [0.2, 0.25) is 0 Å². The minimum atomic E-state index is -4.46. The SMILES string of the molecule is COc1cccc(NC(=O)NC2C(c3ccc(C(F)(F)F)cc3)CC(O)C2O)c1. The predicted molar refractivity (Wildman–Crippen MR) is 99.8 cm³/mol. The number of alkyl halides is 3. The molecule has 4 N–H and O–H groups in total. The van der Waals surface area contributed by atoms with Crippen molar-refractivity contribution in [2.24, 2.45) is 0 Å². The van der Waals surface area contributed by atoms with Crippen LogP contribution in [-0.4, -0.2) is 41.6 Å². The Balaban J connectivity index is 1.74. The number of hydrogen-bond acceptors (Lipinski definition) is 4. The van der Waals surface area contributed by atoms with Crippen LogP contribution in [0.4, 0.5) is 23.7 Å². The molecule has 1 aliphatic carbocycles. The maximum atomic E-state index is 12.8. The summed E-state index contributed by atoms with van der Waals surface area (Å²) in [6.45, 7) is 0. The number of nitrogens with one attached hydrogen (secondary N) is 2. The molecule has 156 valence electrons. The highest BCUT2D eigenvalue weighted by Gasteiger charge is 2.43. The van der Waals surface area contributed by atoms with Crippen molar-refractivity contribution in [3.05, 3.63) is 59.7 Å². The lowest BCUT2D eigenvalue weighted by molar-refractivity contribution is -0.137. The first-order valence-corrected chi connectivity index (χ1v) is 8.94. The zero-order chi connectivity index (χ0) is 21.2. The highest BCUT2D eigenvalue weighted by molar-refractivity contribution is 5.89. The van der Waals surface area contributed by atoms with E-state index < -0.39 is 41.9 Å². The number of aliphatic hydroxyl groups excluding tert-OH is 2. The van der Waals surface area contributed by atoms with Crippen molar-refractivity contribution in [2.45, 2.75) is 36.8 Å². The van der Waals surface area contributed by atoms with Gasteiger partial charge < -0.3 is 25.6 Å². The fraction of sp³-hybridized carbons (Fsp3) is 0.350. The summed E-state index contributed by atoms with van der Waals surface area (Å²) in [7, 11) is 1.49. The molecule has 4 unspecified atom stereocenters. The number of benzene rings is 2. The molecule has 0 bridgehead atoms. The number of methoxy groups -OCH3 is 1. The third-order valence-electron chi connectivity index (χ3n) is 4.98. The number of anilines is 1. The highest BCUT2D eigenvalue weighted by atomic mass is 19.4. The molecule has 0 aromatic heterocycles. The average Bonchev–Trinajstić information content (AvgIpc) is 2.96. The van der Waals surface area contributed by atoms with Gasteiger partial charge in [-0.3, -0.25) is 0 Å². The van der Waals surface area contributed by atoms with Gasteiger partial charge in [-0.05, 0) is 36.2 Å². The number of hydrogen-bond donors (Lipinski definition) is 4. The van der Waals surface area contributed by atoms with Crippen molar-refractivity contribution < 1.29 is 32.9 Å². The molecule has 0 saturated heterocycles. The Hall–Kier alpha value is -2.78. The number of aliphatic hydroxyl groups is 2. The minimum Gasteiger partial charge on any atom is -0.497 e. The molecule has 6 nitrogen and oxygen atoms in total. The largest absolute Gasteiger partial charge is 0.497 e. The summed E-state index contributed by atoms with van der Waals surface area (Å²) in [5.41, 5.74) is 0.155. The topological polar surface area (TPSA) is 90.8 Å². The lowest BCUT2D eigenvalue weighted by Crippen LogP contribution is -2.46. The van der Waals surface area contributed by atoms with Gasteiger partial charge in [0.05, 0.1) is 24.8 Å². The molecule has 9 heteroatoms. The summed E-state index contributed by atoms with van der Waals surface area (Å²) in [5, 5.41) is 25.5. The summed E-state index contributed by atoms with van der Waals surface area (Å²) in [6, 6.07) is 9.65. The summed E-state index contributed by atoms with van der Waals surface area (Å²) in [4.78, 5) is 12.4. The number of ether oxygens (including phenoxy) is 1. The smallest absolute Gasteiger partial charge is 0.416 e. The summed E-state index contributed by atoms with van der Waals surface area (Å²) < 4.78 is 43.4. The lowest BCUT2D eigenvalue weighted by atomic mass is 9.92. The molecule has 4 atom stereocenters. The molecule has 29 heavy (non-hydrogen) atoms. The van der Waals surface area contributed by atoms with E-state index in [-0.39, 0.29) is 6.42 Å². The molecule has 1 fully saturated rings. The van der Waals surface area contributed by atoms with E-state index in [1.54, 1.807) is 24.3 Å². The molecule has 2 amide bonds. The van der Waals surface area contributed by atoms with E-state index in [0.29, 0.717) is 17.0 Å². The molecule has 1 aliphatic rings. The van der Waals surface area contributed by atoms with Crippen LogP contribution in [0.5, 0.6) is 5.75 Å². The van der Waals surface area contributed by atoms with Crippen LogP contribution in [0, 0.1) is 0 Å². The van der Waals surface area contributed by atoms with Crippen LogP contribution in [-0.2, 0) is 6.18 Å². The Morgan fingerprint density at radius 3 is 2.45 bits per heavy atom. The zero-order valence-corrected chi connectivity index (χ0v) is 15.5.